The van der Waals surface area contributed by atoms with Crippen LogP contribution in [0.25, 0.3) is 0 Å². The second-order valence-corrected chi connectivity index (χ2v) is 8.08. The predicted molar refractivity (Wildman–Crippen MR) is 120 cm³/mol. The van der Waals surface area contributed by atoms with Crippen molar-refractivity contribution in [3.63, 3.8) is 0 Å². The van der Waals surface area contributed by atoms with Crippen LogP contribution >= 0.6 is 23.2 Å². The molecule has 0 bridgehead atoms. The molecule has 1 aromatic carbocycles. The van der Waals surface area contributed by atoms with Gasteiger partial charge in [0.2, 0.25) is 0 Å². The van der Waals surface area contributed by atoms with Gasteiger partial charge in [-0.2, -0.15) is 5.10 Å². The molecule has 1 aliphatic rings. The van der Waals surface area contributed by atoms with Gasteiger partial charge in [0.15, 0.2) is 0 Å². The van der Waals surface area contributed by atoms with Crippen molar-refractivity contribution < 1.29 is 4.79 Å². The number of pyridine rings is 1. The summed E-state index contributed by atoms with van der Waals surface area (Å²) in [5.74, 6) is 0.735. The highest BCUT2D eigenvalue weighted by Gasteiger charge is 2.27. The topological polar surface area (TPSA) is 54.3 Å². The second kappa shape index (κ2) is 9.06. The summed E-state index contributed by atoms with van der Waals surface area (Å²) in [5.41, 5.74) is 2.81. The number of nitrogens with zero attached hydrogens (tertiary/aromatic N) is 5. The van der Waals surface area contributed by atoms with Crippen molar-refractivity contribution in [1.29, 1.82) is 0 Å². The summed E-state index contributed by atoms with van der Waals surface area (Å²) >= 11 is 12.2. The van der Waals surface area contributed by atoms with Gasteiger partial charge in [-0.05, 0) is 18.1 Å². The first-order valence-electron chi connectivity index (χ1n) is 10.0. The van der Waals surface area contributed by atoms with Crippen LogP contribution in [0.5, 0.6) is 0 Å². The van der Waals surface area contributed by atoms with E-state index >= 15 is 0 Å². The zero-order valence-corrected chi connectivity index (χ0v) is 18.3. The van der Waals surface area contributed by atoms with Gasteiger partial charge in [-0.1, -0.05) is 60.5 Å². The van der Waals surface area contributed by atoms with Crippen molar-refractivity contribution >= 4 is 34.9 Å². The third-order valence-electron chi connectivity index (χ3n) is 5.34. The Bertz CT molecular complexity index is 1030. The molecular formula is C22H23Cl2N5O. The Labute approximate surface area is 186 Å². The third kappa shape index (κ3) is 4.30. The van der Waals surface area contributed by atoms with Gasteiger partial charge in [-0.25, -0.2) is 4.98 Å². The summed E-state index contributed by atoms with van der Waals surface area (Å²) in [4.78, 5) is 21.5. The Morgan fingerprint density at radius 2 is 1.80 bits per heavy atom. The number of hydrogen-bond acceptors (Lipinski definition) is 4. The van der Waals surface area contributed by atoms with Gasteiger partial charge in [0.1, 0.15) is 5.82 Å². The Balaban J connectivity index is 1.45. The zero-order valence-electron chi connectivity index (χ0n) is 16.8. The van der Waals surface area contributed by atoms with E-state index in [4.69, 9.17) is 23.2 Å². The Morgan fingerprint density at radius 3 is 2.47 bits per heavy atom. The number of hydrogen-bond donors (Lipinski definition) is 0. The van der Waals surface area contributed by atoms with Crippen LogP contribution in [0, 0.1) is 0 Å². The van der Waals surface area contributed by atoms with Crippen molar-refractivity contribution in [1.82, 2.24) is 19.7 Å². The third-order valence-corrected chi connectivity index (χ3v) is 5.83. The summed E-state index contributed by atoms with van der Waals surface area (Å²) in [5, 5.41) is 5.54. The zero-order chi connectivity index (χ0) is 21.1. The van der Waals surface area contributed by atoms with Gasteiger partial charge in [0.05, 0.1) is 34.0 Å². The molecule has 0 aliphatic carbocycles. The molecule has 0 spiro atoms. The summed E-state index contributed by atoms with van der Waals surface area (Å²) in [6.45, 7) is 5.26. The fourth-order valence-corrected chi connectivity index (χ4v) is 4.29. The first kappa shape index (κ1) is 20.7. The monoisotopic (exact) mass is 443 g/mol. The Kier molecular flexibility index (Phi) is 6.25. The van der Waals surface area contributed by atoms with E-state index in [2.05, 4.69) is 34.0 Å². The molecule has 4 rings (SSSR count). The second-order valence-electron chi connectivity index (χ2n) is 7.24. The summed E-state index contributed by atoms with van der Waals surface area (Å²) < 4.78 is 1.93. The van der Waals surface area contributed by atoms with E-state index in [-0.39, 0.29) is 5.91 Å². The molecule has 1 amide bonds. The maximum atomic E-state index is 13.2. The number of amides is 1. The van der Waals surface area contributed by atoms with Gasteiger partial charge >= 0.3 is 0 Å². The van der Waals surface area contributed by atoms with Crippen molar-refractivity contribution in [2.45, 2.75) is 19.9 Å². The largest absolute Gasteiger partial charge is 0.352 e. The number of benzene rings is 1. The molecule has 8 heteroatoms. The molecule has 156 valence electrons. The fraction of sp³-hybridized carbons (Fsp3) is 0.318. The fourth-order valence-electron chi connectivity index (χ4n) is 3.79. The van der Waals surface area contributed by atoms with Gasteiger partial charge in [-0.3, -0.25) is 9.48 Å². The average Bonchev–Trinajstić information content (AvgIpc) is 3.16. The lowest BCUT2D eigenvalue weighted by Crippen LogP contribution is -2.49. The van der Waals surface area contributed by atoms with Gasteiger partial charge in [0, 0.05) is 32.4 Å². The maximum absolute atomic E-state index is 13.2. The SMILES string of the molecule is CCc1c(C(=O)N2CCN(c3ncc(Cl)cc3Cl)CC2)cnn1Cc1ccccc1. The summed E-state index contributed by atoms with van der Waals surface area (Å²) in [6.07, 6.45) is 4.04. The minimum absolute atomic E-state index is 0.0287. The number of carbonyl (C=O) groups is 1. The molecule has 0 N–H and O–H groups in total. The van der Waals surface area contributed by atoms with Crippen LogP contribution < -0.4 is 4.90 Å². The summed E-state index contributed by atoms with van der Waals surface area (Å²) in [6, 6.07) is 11.8. The number of carbonyl (C=O) groups excluding carboxylic acids is 1. The van der Waals surface area contributed by atoms with Crippen LogP contribution in [0.3, 0.4) is 0 Å². The molecule has 3 aromatic rings. The molecular weight excluding hydrogens is 421 g/mol. The highest BCUT2D eigenvalue weighted by atomic mass is 35.5. The molecule has 0 atom stereocenters. The van der Waals surface area contributed by atoms with E-state index in [0.717, 1.165) is 17.7 Å². The molecule has 6 nitrogen and oxygen atoms in total. The smallest absolute Gasteiger partial charge is 0.257 e. The quantitative estimate of drug-likeness (QED) is 0.593. The molecule has 0 saturated carbocycles. The number of halogens is 2. The van der Waals surface area contributed by atoms with E-state index in [1.165, 1.54) is 0 Å². The van der Waals surface area contributed by atoms with Crippen molar-refractivity contribution in [2.24, 2.45) is 0 Å². The standard InChI is InChI=1S/C22H23Cl2N5O/c1-2-20-18(14-26-29(20)15-16-6-4-3-5-7-16)22(30)28-10-8-27(9-11-28)21-19(24)12-17(23)13-25-21/h3-7,12-14H,2,8-11,15H2,1H3. The van der Waals surface area contributed by atoms with Gasteiger partial charge in [0.25, 0.3) is 5.91 Å². The minimum atomic E-state index is 0.0287. The molecule has 1 aliphatic heterocycles. The van der Waals surface area contributed by atoms with Crippen LogP contribution in [0.2, 0.25) is 10.0 Å². The minimum Gasteiger partial charge on any atom is -0.352 e. The first-order chi connectivity index (χ1) is 14.6. The van der Waals surface area contributed by atoms with Crippen LogP contribution in [0.1, 0.15) is 28.5 Å². The normalized spacial score (nSPS) is 14.2. The lowest BCUT2D eigenvalue weighted by atomic mass is 10.1. The number of rotatable bonds is 5. The van der Waals surface area contributed by atoms with E-state index in [0.29, 0.717) is 54.2 Å². The number of anilines is 1. The molecule has 1 saturated heterocycles. The highest BCUT2D eigenvalue weighted by molar-refractivity contribution is 6.36. The Morgan fingerprint density at radius 1 is 1.07 bits per heavy atom. The van der Waals surface area contributed by atoms with E-state index in [1.54, 1.807) is 18.5 Å². The first-order valence-corrected chi connectivity index (χ1v) is 10.8. The van der Waals surface area contributed by atoms with Crippen molar-refractivity contribution in [2.75, 3.05) is 31.1 Å². The molecule has 0 radical (unpaired) electrons. The maximum Gasteiger partial charge on any atom is 0.257 e. The highest BCUT2D eigenvalue weighted by Crippen LogP contribution is 2.27. The lowest BCUT2D eigenvalue weighted by Gasteiger charge is -2.35. The number of aromatic nitrogens is 3. The van der Waals surface area contributed by atoms with Crippen molar-refractivity contribution in [3.8, 4) is 0 Å². The number of piperazine rings is 1. The summed E-state index contributed by atoms with van der Waals surface area (Å²) in [7, 11) is 0. The molecule has 0 unspecified atom stereocenters. The van der Waals surface area contributed by atoms with Crippen molar-refractivity contribution in [3.05, 3.63) is 75.7 Å². The van der Waals surface area contributed by atoms with Gasteiger partial charge in [-0.15, -0.1) is 0 Å². The van der Waals surface area contributed by atoms with E-state index in [1.807, 2.05) is 27.8 Å². The average molecular weight is 444 g/mol. The lowest BCUT2D eigenvalue weighted by molar-refractivity contribution is 0.0745. The molecule has 3 heterocycles. The van der Waals surface area contributed by atoms with Crippen LogP contribution in [-0.2, 0) is 13.0 Å². The Hall–Kier alpha value is -2.57. The van der Waals surface area contributed by atoms with Crippen LogP contribution in [0.4, 0.5) is 5.82 Å². The van der Waals surface area contributed by atoms with Gasteiger partial charge < -0.3 is 9.80 Å². The van der Waals surface area contributed by atoms with E-state index in [9.17, 15) is 4.79 Å². The van der Waals surface area contributed by atoms with Crippen LogP contribution in [0.15, 0.2) is 48.8 Å². The molecule has 2 aromatic heterocycles. The van der Waals surface area contributed by atoms with E-state index < -0.39 is 0 Å². The molecule has 30 heavy (non-hydrogen) atoms. The molecule has 1 fully saturated rings. The van der Waals surface area contributed by atoms with Crippen LogP contribution in [-0.4, -0.2) is 51.8 Å². The predicted octanol–water partition coefficient (Wildman–Crippen LogP) is 4.16.